The first-order valence-corrected chi connectivity index (χ1v) is 39.8. The summed E-state index contributed by atoms with van der Waals surface area (Å²) in [5, 5.41) is 16.1. The maximum absolute atomic E-state index is 13.5. The number of carbonyl (C=O) groups excluding carboxylic acids is 8. The van der Waals surface area contributed by atoms with Crippen LogP contribution < -0.4 is 58.8 Å². The Morgan fingerprint density at radius 3 is 1.00 bits per heavy atom. The largest absolute Gasteiger partial charge is 0.497 e. The monoisotopic (exact) mass is 1780 g/mol. The van der Waals surface area contributed by atoms with Crippen molar-refractivity contribution in [3.63, 3.8) is 0 Å². The van der Waals surface area contributed by atoms with E-state index in [0.29, 0.717) is 40.2 Å². The summed E-state index contributed by atoms with van der Waals surface area (Å²) in [5.41, 5.74) is 7.16. The second-order valence-electron chi connectivity index (χ2n) is 27.8. The van der Waals surface area contributed by atoms with Crippen LogP contribution >= 0.6 is 47.8 Å². The molecule has 0 radical (unpaired) electrons. The second-order valence-corrected chi connectivity index (χ2v) is 30.5. The number of hydrogen-bond acceptors (Lipinski definition) is 20. The molecule has 24 nitrogen and oxygen atoms in total. The van der Waals surface area contributed by atoms with Crippen LogP contribution in [-0.4, -0.2) is 105 Å². The van der Waals surface area contributed by atoms with Crippen molar-refractivity contribution in [3.05, 3.63) is 321 Å². The van der Waals surface area contributed by atoms with Gasteiger partial charge in [-0.3, -0.25) is 58.1 Å². The van der Waals surface area contributed by atoms with Crippen molar-refractivity contribution in [2.75, 3.05) is 67.8 Å². The predicted molar refractivity (Wildman–Crippen MR) is 448 cm³/mol. The lowest BCUT2D eigenvalue weighted by atomic mass is 9.90. The van der Waals surface area contributed by atoms with Crippen molar-refractivity contribution in [1.29, 1.82) is 0 Å². The molecule has 4 unspecified atom stereocenters. The average Bonchev–Trinajstić information content (AvgIpc) is 1.58. The van der Waals surface area contributed by atoms with E-state index in [1.165, 1.54) is 39.0 Å². The smallest absolute Gasteiger partial charge is 0.266 e. The molecule has 0 spiro atoms. The Balaban J connectivity index is 0.000000124. The summed E-state index contributed by atoms with van der Waals surface area (Å²) < 4.78 is 36.9. The van der Waals surface area contributed by atoms with Crippen LogP contribution in [0.25, 0.3) is 0 Å². The molecule has 118 heavy (non-hydrogen) atoms. The maximum Gasteiger partial charge on any atom is 0.266 e. The van der Waals surface area contributed by atoms with E-state index >= 15 is 0 Å². The molecule has 0 aliphatic carbocycles. The quantitative estimate of drug-likeness (QED) is 0.0657. The molecule has 0 saturated carbocycles. The van der Waals surface area contributed by atoms with E-state index in [1.54, 1.807) is 104 Å². The summed E-state index contributed by atoms with van der Waals surface area (Å²) in [6.07, 6.45) is -2.84. The first kappa shape index (κ1) is 80.8. The van der Waals surface area contributed by atoms with Crippen molar-refractivity contribution in [3.8, 4) is 23.0 Å². The molecule has 11 aromatic rings. The van der Waals surface area contributed by atoms with Crippen molar-refractivity contribution in [2.24, 2.45) is 17.8 Å². The third kappa shape index (κ3) is 15.9. The first-order chi connectivity index (χ1) is 57.3. The number of para-hydroxylation sites is 5. The van der Waals surface area contributed by atoms with Crippen LogP contribution in [0.2, 0.25) is 0 Å². The molecule has 11 aromatic carbocycles. The van der Waals surface area contributed by atoms with Gasteiger partial charge in [0, 0.05) is 13.4 Å². The number of anilines is 8. The van der Waals surface area contributed by atoms with Gasteiger partial charge in [0.25, 0.3) is 23.6 Å². The summed E-state index contributed by atoms with van der Waals surface area (Å²) in [6.45, 7) is 2.19. The number of rotatable bonds is 17. The van der Waals surface area contributed by atoms with Crippen LogP contribution in [0.15, 0.2) is 299 Å². The fourth-order valence-electron chi connectivity index (χ4n) is 15.3. The van der Waals surface area contributed by atoms with Crippen molar-refractivity contribution >= 4 is 141 Å². The Morgan fingerprint density at radius 2 is 0.686 bits per heavy atom. The third-order valence-corrected chi connectivity index (χ3v) is 22.5. The van der Waals surface area contributed by atoms with Gasteiger partial charge < -0.3 is 18.9 Å². The van der Waals surface area contributed by atoms with Gasteiger partial charge in [0.05, 0.1) is 98.0 Å². The van der Waals surface area contributed by atoms with Crippen LogP contribution in [0, 0.1) is 23.6 Å². The fraction of sp³-hybridized carbons (Fsp3) is 0.178. The Hall–Kier alpha value is -12.4. The van der Waals surface area contributed by atoms with Gasteiger partial charge >= 0.3 is 0 Å². The molecule has 0 aromatic heterocycles. The molecular weight excluding hydrogens is 1710 g/mol. The van der Waals surface area contributed by atoms with Gasteiger partial charge in [-0.05, 0) is 206 Å². The van der Waals surface area contributed by atoms with Crippen LogP contribution in [0.3, 0.4) is 0 Å². The topological polar surface area (TPSA) is 247 Å². The number of imide groups is 4. The van der Waals surface area contributed by atoms with Gasteiger partial charge in [-0.15, -0.1) is 0 Å². The minimum absolute atomic E-state index is 0.187. The van der Waals surface area contributed by atoms with Gasteiger partial charge in [-0.25, -0.2) is 44.2 Å². The molecule has 7 aliphatic heterocycles. The number of halogens is 4. The standard InChI is InChI=1S/3C24H19BrN2O4.C18H17FN2O4/c3*1-30-19-13-7-15(8-14-19)21-20-22(31-27(21)18-5-3-2-4-6-18)24(29)26(23(20)28)17-11-9-16(25)10-12-17;1-2-25-16-6-4-3-5-14(16)20-17(22)11-15(18(20)23)21(24)13-9-7-12(19)8-10-13/h3*2-14,20-22H,1H3;3-10,15,24H,2,11H2,1H3/t20-,21+,22+;20-,21-,22+;;/m00../s1. The van der Waals surface area contributed by atoms with Crippen molar-refractivity contribution < 1.29 is 81.4 Å². The highest BCUT2D eigenvalue weighted by Gasteiger charge is 2.63. The Bertz CT molecular complexity index is 5080. The maximum atomic E-state index is 13.5. The van der Waals surface area contributed by atoms with Crippen molar-refractivity contribution in [2.45, 2.75) is 55.8 Å². The van der Waals surface area contributed by atoms with Gasteiger partial charge in [0.15, 0.2) is 18.3 Å². The molecule has 0 bridgehead atoms. The summed E-state index contributed by atoms with van der Waals surface area (Å²) in [6, 6.07) is 81.7. The number of hydrogen-bond donors (Lipinski definition) is 1. The minimum atomic E-state index is -1.08. The molecule has 8 amide bonds. The van der Waals surface area contributed by atoms with E-state index < -0.39 is 77.9 Å². The van der Waals surface area contributed by atoms with Crippen LogP contribution in [-0.2, 0) is 52.9 Å². The zero-order valence-electron chi connectivity index (χ0n) is 63.5. The van der Waals surface area contributed by atoms with Crippen LogP contribution in [0.4, 0.5) is 49.9 Å². The van der Waals surface area contributed by atoms with Gasteiger partial charge in [0.2, 0.25) is 23.6 Å². The Morgan fingerprint density at radius 1 is 0.373 bits per heavy atom. The zero-order chi connectivity index (χ0) is 82.6. The lowest BCUT2D eigenvalue weighted by Gasteiger charge is -2.28. The number of benzene rings is 11. The van der Waals surface area contributed by atoms with Gasteiger partial charge in [0.1, 0.15) is 52.6 Å². The fourth-order valence-corrected chi connectivity index (χ4v) is 16.1. The minimum Gasteiger partial charge on any atom is -0.497 e. The highest BCUT2D eigenvalue weighted by molar-refractivity contribution is 9.11. The highest BCUT2D eigenvalue weighted by Crippen LogP contribution is 2.52. The number of hydroxylamine groups is 4. The number of amides is 8. The van der Waals surface area contributed by atoms with E-state index in [9.17, 15) is 48.0 Å². The molecule has 7 fully saturated rings. The molecule has 598 valence electrons. The summed E-state index contributed by atoms with van der Waals surface area (Å²) in [5.74, 6) is -2.74. The molecule has 18 rings (SSSR count). The van der Waals surface area contributed by atoms with E-state index in [4.69, 9.17) is 33.5 Å². The molecule has 7 aliphatic rings. The SMILES string of the molecule is CCOc1ccccc1N1C(=O)CC(N(O)c2ccc(F)cc2)C1=O.COc1ccc(C2C3C(=O)N(c4ccc(Br)cc4)C(=O)C3ON2c2ccccc2)cc1.COc1ccc([C@@H]2[C@@H]3C(=O)N(c4ccc(Br)cc4)C(=O)[C@@H]3ON2c2ccccc2)cc1.COc1ccc([C@H]2[C@@H]3C(=O)N(c4ccc(Br)cc4)C(=O)[C@@H]3ON2c2ccccc2)cc1. The van der Waals surface area contributed by atoms with E-state index in [1.807, 2.05) is 200 Å². The second kappa shape index (κ2) is 35.2. The Labute approximate surface area is 702 Å². The average molecular weight is 1780 g/mol. The number of carbonyl (C=O) groups is 8. The van der Waals surface area contributed by atoms with Gasteiger partial charge in [-0.1, -0.05) is 151 Å². The third-order valence-electron chi connectivity index (χ3n) is 20.9. The molecule has 28 heteroatoms. The Kier molecular flexibility index (Phi) is 24.1. The number of methoxy groups -OCH3 is 3. The summed E-state index contributed by atoms with van der Waals surface area (Å²) >= 11 is 10.2. The molecule has 7 heterocycles. The van der Waals surface area contributed by atoms with E-state index in [0.717, 1.165) is 69.3 Å². The van der Waals surface area contributed by atoms with E-state index in [2.05, 4.69) is 47.8 Å². The molecule has 1 N–H and O–H groups in total. The normalized spacial score (nSPS) is 21.5. The van der Waals surface area contributed by atoms with Crippen LogP contribution in [0.5, 0.6) is 23.0 Å². The van der Waals surface area contributed by atoms with Crippen molar-refractivity contribution in [1.82, 2.24) is 0 Å². The van der Waals surface area contributed by atoms with E-state index in [-0.39, 0.29) is 47.6 Å². The summed E-state index contributed by atoms with van der Waals surface area (Å²) in [7, 11) is 4.82. The molecule has 10 atom stereocenters. The first-order valence-electron chi connectivity index (χ1n) is 37.4. The zero-order valence-corrected chi connectivity index (χ0v) is 68.2. The highest BCUT2D eigenvalue weighted by atomic mass is 79.9. The predicted octanol–water partition coefficient (Wildman–Crippen LogP) is 16.3. The van der Waals surface area contributed by atoms with Gasteiger partial charge in [-0.2, -0.15) is 0 Å². The molecular formula is C90H74Br3FN8O16. The number of nitrogens with zero attached hydrogens (tertiary/aromatic N) is 8. The summed E-state index contributed by atoms with van der Waals surface area (Å²) in [4.78, 5) is 129. The lowest BCUT2D eigenvalue weighted by Crippen LogP contribution is -2.40. The number of fused-ring (bicyclic) bond motifs is 3. The number of ether oxygens (including phenoxy) is 4. The van der Waals surface area contributed by atoms with Crippen LogP contribution in [0.1, 0.15) is 48.2 Å². The lowest BCUT2D eigenvalue weighted by molar-refractivity contribution is -0.127. The molecule has 7 saturated heterocycles.